The van der Waals surface area contributed by atoms with Crippen LogP contribution in [0.1, 0.15) is 0 Å². The molecular formula is C38H21N3S2. The number of nitrogens with zero attached hydrogens (tertiary/aromatic N) is 3. The van der Waals surface area contributed by atoms with Crippen LogP contribution in [0, 0.1) is 0 Å². The number of aromatic nitrogens is 3. The Balaban J connectivity index is 1.34. The van der Waals surface area contributed by atoms with Crippen molar-refractivity contribution in [2.75, 3.05) is 0 Å². The van der Waals surface area contributed by atoms with Gasteiger partial charge in [0.1, 0.15) is 4.83 Å². The van der Waals surface area contributed by atoms with Crippen molar-refractivity contribution < 1.29 is 0 Å². The second kappa shape index (κ2) is 8.71. The highest BCUT2D eigenvalue weighted by atomic mass is 32.1. The number of para-hydroxylation sites is 1. The van der Waals surface area contributed by atoms with E-state index < -0.39 is 0 Å². The lowest BCUT2D eigenvalue weighted by atomic mass is 10.0. The summed E-state index contributed by atoms with van der Waals surface area (Å²) in [6, 6.07) is 45.7. The largest absolute Gasteiger partial charge is 0.278 e. The Kier molecular flexibility index (Phi) is 4.75. The molecule has 3 nitrogen and oxygen atoms in total. The van der Waals surface area contributed by atoms with E-state index in [2.05, 4.69) is 132 Å². The van der Waals surface area contributed by atoms with Gasteiger partial charge in [-0.25, -0.2) is 9.97 Å². The van der Waals surface area contributed by atoms with Crippen LogP contribution in [0.5, 0.6) is 0 Å². The molecule has 5 heteroatoms. The maximum atomic E-state index is 5.43. The molecule has 0 aliphatic carbocycles. The van der Waals surface area contributed by atoms with Crippen molar-refractivity contribution in [1.82, 2.24) is 14.5 Å². The Morgan fingerprint density at radius 2 is 1.21 bits per heavy atom. The van der Waals surface area contributed by atoms with E-state index >= 15 is 0 Å². The van der Waals surface area contributed by atoms with Gasteiger partial charge < -0.3 is 0 Å². The third kappa shape index (κ3) is 3.29. The van der Waals surface area contributed by atoms with E-state index in [1.807, 2.05) is 11.3 Å². The van der Waals surface area contributed by atoms with Crippen LogP contribution in [0.2, 0.25) is 0 Å². The Morgan fingerprint density at radius 3 is 2.09 bits per heavy atom. The highest BCUT2D eigenvalue weighted by molar-refractivity contribution is 7.27. The topological polar surface area (TPSA) is 30.7 Å². The molecule has 10 aromatic rings. The van der Waals surface area contributed by atoms with Gasteiger partial charge in [-0.3, -0.25) is 4.57 Å². The fraction of sp³-hybridized carbons (Fsp3) is 0. The summed E-state index contributed by atoms with van der Waals surface area (Å²) in [5, 5.41) is 9.84. The summed E-state index contributed by atoms with van der Waals surface area (Å²) in [6.07, 6.45) is 0. The molecule has 0 atom stereocenters. The summed E-state index contributed by atoms with van der Waals surface area (Å²) in [5.74, 6) is 0.703. The van der Waals surface area contributed by atoms with Gasteiger partial charge in [-0.05, 0) is 41.1 Å². The van der Waals surface area contributed by atoms with Gasteiger partial charge in [0.15, 0.2) is 0 Å². The van der Waals surface area contributed by atoms with Crippen LogP contribution in [0.3, 0.4) is 0 Å². The molecule has 0 amide bonds. The zero-order valence-electron chi connectivity index (χ0n) is 22.8. The van der Waals surface area contributed by atoms with Crippen molar-refractivity contribution in [3.63, 3.8) is 0 Å². The average Bonchev–Trinajstić information content (AvgIpc) is 3.73. The van der Waals surface area contributed by atoms with Gasteiger partial charge in [0.05, 0.1) is 16.7 Å². The summed E-state index contributed by atoms with van der Waals surface area (Å²) in [7, 11) is 0. The van der Waals surface area contributed by atoms with E-state index in [-0.39, 0.29) is 0 Å². The first-order valence-electron chi connectivity index (χ1n) is 14.3. The lowest BCUT2D eigenvalue weighted by molar-refractivity contribution is 1.02. The zero-order valence-corrected chi connectivity index (χ0v) is 24.4. The lowest BCUT2D eigenvalue weighted by Gasteiger charge is -2.11. The predicted molar refractivity (Wildman–Crippen MR) is 185 cm³/mol. The number of fused-ring (bicyclic) bond motifs is 11. The summed E-state index contributed by atoms with van der Waals surface area (Å²) in [6.45, 7) is 0. The van der Waals surface area contributed by atoms with E-state index in [1.165, 1.54) is 51.8 Å². The highest BCUT2D eigenvalue weighted by Crippen LogP contribution is 2.44. The number of rotatable bonds is 2. The van der Waals surface area contributed by atoms with E-state index in [0.29, 0.717) is 5.95 Å². The van der Waals surface area contributed by atoms with Crippen LogP contribution in [0.4, 0.5) is 0 Å². The molecule has 0 saturated heterocycles. The molecule has 43 heavy (non-hydrogen) atoms. The molecule has 0 aliphatic rings. The first-order chi connectivity index (χ1) is 21.3. The molecular weight excluding hydrogens is 563 g/mol. The Bertz CT molecular complexity index is 2750. The standard InChI is InChI=1S/C38H21N3S2/c1-2-10-23-21-24(18-17-22(23)9-1)35-34-28-13-5-8-16-32(28)43-37(34)40-38(39-35)41-29-14-6-3-12-27(29)33-30(41)20-19-26-25-11-4-7-15-31(25)42-36(26)33/h1-21H. The zero-order chi connectivity index (χ0) is 28.1. The van der Waals surface area contributed by atoms with Gasteiger partial charge in [0.25, 0.3) is 0 Å². The minimum atomic E-state index is 0.703. The fourth-order valence-corrected chi connectivity index (χ4v) is 9.04. The number of hydrogen-bond acceptors (Lipinski definition) is 4. The smallest absolute Gasteiger partial charge is 0.236 e. The molecule has 200 valence electrons. The first-order valence-corrected chi connectivity index (χ1v) is 16.0. The predicted octanol–water partition coefficient (Wildman–Crippen LogP) is 11.1. The van der Waals surface area contributed by atoms with Crippen LogP contribution in [0.15, 0.2) is 127 Å². The van der Waals surface area contributed by atoms with Crippen LogP contribution >= 0.6 is 22.7 Å². The Morgan fingerprint density at radius 1 is 0.488 bits per heavy atom. The number of hydrogen-bond donors (Lipinski definition) is 0. The van der Waals surface area contributed by atoms with Crippen LogP contribution in [0.25, 0.3) is 90.3 Å². The van der Waals surface area contributed by atoms with Crippen molar-refractivity contribution in [3.8, 4) is 17.2 Å². The maximum Gasteiger partial charge on any atom is 0.236 e. The molecule has 4 heterocycles. The quantitative estimate of drug-likeness (QED) is 0.203. The summed E-state index contributed by atoms with van der Waals surface area (Å²) in [4.78, 5) is 11.7. The minimum absolute atomic E-state index is 0.703. The second-order valence-electron chi connectivity index (χ2n) is 11.0. The van der Waals surface area contributed by atoms with E-state index in [4.69, 9.17) is 9.97 Å². The number of thiophene rings is 2. The Labute approximate surface area is 253 Å². The van der Waals surface area contributed by atoms with Gasteiger partial charge in [-0.2, -0.15) is 0 Å². The molecule has 0 spiro atoms. The van der Waals surface area contributed by atoms with Crippen molar-refractivity contribution >= 4 is 95.7 Å². The molecule has 6 aromatic carbocycles. The summed E-state index contributed by atoms with van der Waals surface area (Å²) in [5.41, 5.74) is 4.32. The van der Waals surface area contributed by atoms with Crippen molar-refractivity contribution in [1.29, 1.82) is 0 Å². The minimum Gasteiger partial charge on any atom is -0.278 e. The normalized spacial score (nSPS) is 12.2. The van der Waals surface area contributed by atoms with Gasteiger partial charge in [0.2, 0.25) is 5.95 Å². The molecule has 0 bridgehead atoms. The van der Waals surface area contributed by atoms with Gasteiger partial charge >= 0.3 is 0 Å². The van der Waals surface area contributed by atoms with Gasteiger partial charge in [-0.15, -0.1) is 22.7 Å². The van der Waals surface area contributed by atoms with Gasteiger partial charge in [0, 0.05) is 52.0 Å². The van der Waals surface area contributed by atoms with Crippen LogP contribution < -0.4 is 0 Å². The number of benzene rings is 6. The molecule has 0 N–H and O–H groups in total. The molecule has 4 aromatic heterocycles. The van der Waals surface area contributed by atoms with E-state index in [1.54, 1.807) is 11.3 Å². The highest BCUT2D eigenvalue weighted by Gasteiger charge is 2.22. The second-order valence-corrected chi connectivity index (χ2v) is 13.1. The fourth-order valence-electron chi connectivity index (χ4n) is 6.71. The molecule has 0 aliphatic heterocycles. The Hall–Kier alpha value is -5.10. The molecule has 0 unspecified atom stereocenters. The first kappa shape index (κ1) is 23.5. The molecule has 10 rings (SSSR count). The SMILES string of the molecule is c1ccc2cc(-c3nc(-n4c5ccccc5c5c6sc7ccccc7c6ccc54)nc4sc5ccccc5c34)ccc2c1. The van der Waals surface area contributed by atoms with E-state index in [9.17, 15) is 0 Å². The monoisotopic (exact) mass is 583 g/mol. The van der Waals surface area contributed by atoms with Crippen LogP contribution in [-0.2, 0) is 0 Å². The molecule has 0 radical (unpaired) electrons. The van der Waals surface area contributed by atoms with Crippen molar-refractivity contribution in [2.45, 2.75) is 0 Å². The molecule has 0 fully saturated rings. The summed E-state index contributed by atoms with van der Waals surface area (Å²) < 4.78 is 6.11. The lowest BCUT2D eigenvalue weighted by Crippen LogP contribution is -2.02. The summed E-state index contributed by atoms with van der Waals surface area (Å²) >= 11 is 3.61. The molecule has 0 saturated carbocycles. The van der Waals surface area contributed by atoms with Crippen LogP contribution in [-0.4, -0.2) is 14.5 Å². The third-order valence-electron chi connectivity index (χ3n) is 8.63. The maximum absolute atomic E-state index is 5.43. The third-order valence-corrected chi connectivity index (χ3v) is 10.9. The van der Waals surface area contributed by atoms with Crippen molar-refractivity contribution in [2.24, 2.45) is 0 Å². The van der Waals surface area contributed by atoms with Gasteiger partial charge in [-0.1, -0.05) is 97.1 Å². The average molecular weight is 584 g/mol. The van der Waals surface area contributed by atoms with E-state index in [0.717, 1.165) is 32.5 Å². The van der Waals surface area contributed by atoms with Crippen molar-refractivity contribution in [3.05, 3.63) is 127 Å².